The number of carbonyl (C=O) groups excluding carboxylic acids is 1. The van der Waals surface area contributed by atoms with E-state index in [2.05, 4.69) is 5.32 Å². The summed E-state index contributed by atoms with van der Waals surface area (Å²) < 4.78 is 23.2. The van der Waals surface area contributed by atoms with Crippen LogP contribution in [0.25, 0.3) is 0 Å². The fourth-order valence-electron chi connectivity index (χ4n) is 1.14. The van der Waals surface area contributed by atoms with E-state index in [4.69, 9.17) is 4.11 Å². The first-order valence-corrected chi connectivity index (χ1v) is 5.08. The quantitative estimate of drug-likeness (QED) is 0.814. The molecule has 2 heteroatoms. The molecule has 0 radical (unpaired) electrons. The lowest BCUT2D eigenvalue weighted by Crippen LogP contribution is -2.17. The van der Waals surface area contributed by atoms with Gasteiger partial charge in [-0.05, 0) is 24.1 Å². The molecule has 15 heavy (non-hydrogen) atoms. The summed E-state index contributed by atoms with van der Waals surface area (Å²) in [5, 5.41) is 2.73. The Hall–Kier alpha value is -1.31. The van der Waals surface area contributed by atoms with E-state index in [0.717, 1.165) is 0 Å². The Kier molecular flexibility index (Phi) is 2.92. The second-order valence-electron chi connectivity index (χ2n) is 3.66. The van der Waals surface area contributed by atoms with Crippen molar-refractivity contribution in [1.29, 1.82) is 0 Å². The number of hydrogen-bond donors (Lipinski definition) is 1. The SMILES string of the molecule is [3H]C(C)C([3H])([3H])c1cccc(NC(=O)C(C)C)c1. The number of nitrogens with one attached hydrogen (secondary N) is 1. The lowest BCUT2D eigenvalue weighted by molar-refractivity contribution is -0.118. The third-order valence-electron chi connectivity index (χ3n) is 1.97. The minimum Gasteiger partial charge on any atom is -0.326 e. The summed E-state index contributed by atoms with van der Waals surface area (Å²) in [5.74, 6) is -0.229. The molecule has 0 bridgehead atoms. The smallest absolute Gasteiger partial charge is 0.226 e. The molecule has 2 nitrogen and oxygen atoms in total. The maximum absolute atomic E-state index is 11.6. The predicted molar refractivity (Wildman–Crippen MR) is 63.9 cm³/mol. The summed E-state index contributed by atoms with van der Waals surface area (Å²) in [6.45, 7) is 5.11. The third kappa shape index (κ3) is 3.74. The number of amides is 1. The highest BCUT2D eigenvalue weighted by molar-refractivity contribution is 5.92. The number of carbonyl (C=O) groups is 1. The highest BCUT2D eigenvalue weighted by atomic mass is 16.1. The van der Waals surface area contributed by atoms with Gasteiger partial charge in [0.25, 0.3) is 0 Å². The minimum atomic E-state index is -1.72. The summed E-state index contributed by atoms with van der Waals surface area (Å²) in [7, 11) is 0. The Balaban J connectivity index is 2.96. The Morgan fingerprint density at radius 3 is 2.87 bits per heavy atom. The zero-order chi connectivity index (χ0) is 13.9. The first-order valence-electron chi connectivity index (χ1n) is 6.66. The fourth-order valence-corrected chi connectivity index (χ4v) is 1.14. The molecule has 0 saturated heterocycles. The maximum atomic E-state index is 11.6. The zero-order valence-electron chi connectivity index (χ0n) is 12.4. The van der Waals surface area contributed by atoms with Crippen LogP contribution in [0.4, 0.5) is 5.69 Å². The number of benzene rings is 1. The van der Waals surface area contributed by atoms with Crippen LogP contribution >= 0.6 is 0 Å². The Labute approximate surface area is 95.9 Å². The van der Waals surface area contributed by atoms with Crippen molar-refractivity contribution in [2.45, 2.75) is 33.5 Å². The van der Waals surface area contributed by atoms with Crippen LogP contribution in [0.1, 0.15) is 36.8 Å². The average Bonchev–Trinajstić information content (AvgIpc) is 2.28. The van der Waals surface area contributed by atoms with E-state index < -0.39 is 12.8 Å². The summed E-state index contributed by atoms with van der Waals surface area (Å²) >= 11 is 0. The summed E-state index contributed by atoms with van der Waals surface area (Å²) in [6.07, 6.45) is -2.59. The minimum absolute atomic E-state index is 0.105. The molecule has 1 aromatic carbocycles. The molecule has 1 N–H and O–H groups in total. The molecule has 1 rings (SSSR count). The standard InChI is InChI=1S/C13H19NO/c1-4-6-11-7-5-8-12(9-11)14-13(15)10(2)3/h5,7-10H,4,6H2,1-3H3,(H,14,15)/i4T,6T2. The van der Waals surface area contributed by atoms with Gasteiger partial charge in [-0.2, -0.15) is 0 Å². The topological polar surface area (TPSA) is 29.1 Å². The van der Waals surface area contributed by atoms with E-state index in [0.29, 0.717) is 11.3 Å². The van der Waals surface area contributed by atoms with Crippen LogP contribution in [0.2, 0.25) is 0 Å². The van der Waals surface area contributed by atoms with Gasteiger partial charge in [0.1, 0.15) is 0 Å². The number of rotatable bonds is 4. The van der Waals surface area contributed by atoms with Gasteiger partial charge in [0.05, 0.1) is 0 Å². The summed E-state index contributed by atoms with van der Waals surface area (Å²) in [6, 6.07) is 6.63. The maximum Gasteiger partial charge on any atom is 0.226 e. The van der Waals surface area contributed by atoms with Crippen molar-refractivity contribution in [3.8, 4) is 0 Å². The average molecular weight is 211 g/mol. The molecule has 0 aromatic heterocycles. The van der Waals surface area contributed by atoms with Crippen molar-refractivity contribution in [1.82, 2.24) is 0 Å². The summed E-state index contributed by atoms with van der Waals surface area (Å²) in [4.78, 5) is 11.6. The van der Waals surface area contributed by atoms with Crippen molar-refractivity contribution in [3.63, 3.8) is 0 Å². The molecule has 0 saturated carbocycles. The molecule has 0 aliphatic heterocycles. The monoisotopic (exact) mass is 211 g/mol. The highest BCUT2D eigenvalue weighted by Gasteiger charge is 2.06. The van der Waals surface area contributed by atoms with E-state index in [-0.39, 0.29) is 11.8 Å². The van der Waals surface area contributed by atoms with Crippen LogP contribution in [-0.2, 0) is 11.2 Å². The van der Waals surface area contributed by atoms with E-state index in [1.54, 1.807) is 38.1 Å². The second-order valence-corrected chi connectivity index (χ2v) is 3.66. The Morgan fingerprint density at radius 2 is 2.27 bits per heavy atom. The largest absolute Gasteiger partial charge is 0.326 e. The predicted octanol–water partition coefficient (Wildman–Crippen LogP) is 3.23. The van der Waals surface area contributed by atoms with Gasteiger partial charge in [-0.25, -0.2) is 0 Å². The van der Waals surface area contributed by atoms with Crippen molar-refractivity contribution in [2.75, 3.05) is 5.32 Å². The number of aryl methyl sites for hydroxylation is 1. The molecule has 0 spiro atoms. The zero-order valence-corrected chi connectivity index (χ0v) is 9.37. The van der Waals surface area contributed by atoms with Gasteiger partial charge in [0.2, 0.25) is 5.91 Å². The molecule has 1 unspecified atom stereocenters. The normalized spacial score (nSPS) is 16.4. The molecule has 0 heterocycles. The van der Waals surface area contributed by atoms with Gasteiger partial charge < -0.3 is 5.32 Å². The first-order chi connectivity index (χ1) is 8.25. The van der Waals surface area contributed by atoms with Crippen molar-refractivity contribution >= 4 is 11.6 Å². The number of anilines is 1. The molecule has 1 aromatic rings. The summed E-state index contributed by atoms with van der Waals surface area (Å²) in [5.41, 5.74) is 0.974. The van der Waals surface area contributed by atoms with Gasteiger partial charge in [0.15, 0.2) is 0 Å². The van der Waals surface area contributed by atoms with Gasteiger partial charge in [-0.1, -0.05) is 39.3 Å². The molecular weight excluding hydrogens is 186 g/mol. The van der Waals surface area contributed by atoms with Crippen LogP contribution in [-0.4, -0.2) is 5.91 Å². The lowest BCUT2D eigenvalue weighted by Gasteiger charge is -2.08. The van der Waals surface area contributed by atoms with Crippen LogP contribution in [0.5, 0.6) is 0 Å². The van der Waals surface area contributed by atoms with Gasteiger partial charge in [0, 0.05) is 15.7 Å². The number of hydrogen-bond acceptors (Lipinski definition) is 1. The Bertz CT molecular complexity index is 430. The van der Waals surface area contributed by atoms with Crippen LogP contribution < -0.4 is 5.32 Å². The van der Waals surface area contributed by atoms with E-state index in [1.807, 2.05) is 0 Å². The van der Waals surface area contributed by atoms with Crippen molar-refractivity contribution in [3.05, 3.63) is 29.8 Å². The molecule has 82 valence electrons. The second kappa shape index (κ2) is 5.54. The van der Waals surface area contributed by atoms with E-state index >= 15 is 0 Å². The first kappa shape index (κ1) is 7.91. The van der Waals surface area contributed by atoms with Crippen molar-refractivity contribution < 1.29 is 8.91 Å². The molecule has 0 aliphatic carbocycles. The van der Waals surface area contributed by atoms with Crippen LogP contribution in [0, 0.1) is 5.92 Å². The molecule has 1 atom stereocenters. The Morgan fingerprint density at radius 1 is 1.53 bits per heavy atom. The van der Waals surface area contributed by atoms with Crippen molar-refractivity contribution in [2.24, 2.45) is 5.92 Å². The van der Waals surface area contributed by atoms with Gasteiger partial charge in [-0.3, -0.25) is 4.79 Å². The van der Waals surface area contributed by atoms with Gasteiger partial charge >= 0.3 is 0 Å². The third-order valence-corrected chi connectivity index (χ3v) is 1.97. The fraction of sp³-hybridized carbons (Fsp3) is 0.462. The molecule has 1 amide bonds. The molecule has 0 fully saturated rings. The van der Waals surface area contributed by atoms with E-state index in [1.165, 1.54) is 6.92 Å². The molecule has 0 aliphatic rings. The highest BCUT2D eigenvalue weighted by Crippen LogP contribution is 2.13. The van der Waals surface area contributed by atoms with E-state index in [9.17, 15) is 4.79 Å². The van der Waals surface area contributed by atoms with Crippen LogP contribution in [0.15, 0.2) is 24.3 Å². The molecular formula is C13H19NO. The lowest BCUT2D eigenvalue weighted by atomic mass is 10.1. The van der Waals surface area contributed by atoms with Crippen LogP contribution in [0.3, 0.4) is 0 Å². The van der Waals surface area contributed by atoms with Gasteiger partial charge in [-0.15, -0.1) is 0 Å².